The number of sulfone groups is 1. The predicted octanol–water partition coefficient (Wildman–Crippen LogP) is 1.55. The molecule has 0 aliphatic carbocycles. The smallest absolute Gasteiger partial charge is 0.337 e. The topological polar surface area (TPSA) is 75.3 Å². The second kappa shape index (κ2) is 7.35. The quantitative estimate of drug-likeness (QED) is 0.848. The minimum atomic E-state index is -4.46. The zero-order valence-electron chi connectivity index (χ0n) is 12.8. The number of amides is 1. The minimum Gasteiger partial charge on any atom is -0.349 e. The molecule has 2 atom stereocenters. The van der Waals surface area contributed by atoms with Crippen LogP contribution in [0.1, 0.15) is 29.3 Å². The molecule has 1 aromatic carbocycles. The maximum Gasteiger partial charge on any atom is 0.337 e. The maximum atomic E-state index is 12.3. The van der Waals surface area contributed by atoms with Crippen LogP contribution in [0, 0.1) is 5.92 Å². The van der Waals surface area contributed by atoms with E-state index in [1.54, 1.807) is 0 Å². The van der Waals surface area contributed by atoms with Gasteiger partial charge in [-0.15, -0.1) is 0 Å². The van der Waals surface area contributed by atoms with Gasteiger partial charge in [-0.1, -0.05) is 19.1 Å². The average Bonchev–Trinajstić information content (AvgIpc) is 2.49. The van der Waals surface area contributed by atoms with Gasteiger partial charge in [0, 0.05) is 11.6 Å². The molecule has 2 unspecified atom stereocenters. The minimum absolute atomic E-state index is 0.0858. The number of carbonyl (C=O) groups excluding carboxylic acids is 1. The molecule has 2 N–H and O–H groups in total. The van der Waals surface area contributed by atoms with E-state index in [4.69, 9.17) is 0 Å². The van der Waals surface area contributed by atoms with Crippen LogP contribution in [0.4, 0.5) is 8.78 Å². The van der Waals surface area contributed by atoms with Crippen LogP contribution in [-0.2, 0) is 15.6 Å². The molecule has 1 fully saturated rings. The summed E-state index contributed by atoms with van der Waals surface area (Å²) in [6.45, 7) is 3.74. The van der Waals surface area contributed by atoms with Crippen LogP contribution in [0.2, 0.25) is 0 Å². The summed E-state index contributed by atoms with van der Waals surface area (Å²) in [5.41, 5.74) is 0.617. The molecule has 5 nitrogen and oxygen atoms in total. The Morgan fingerprint density at radius 3 is 2.57 bits per heavy atom. The van der Waals surface area contributed by atoms with Crippen molar-refractivity contribution in [2.24, 2.45) is 5.92 Å². The highest BCUT2D eigenvalue weighted by molar-refractivity contribution is 7.90. The van der Waals surface area contributed by atoms with E-state index in [9.17, 15) is 22.0 Å². The molecule has 1 saturated heterocycles. The molecule has 0 radical (unpaired) electrons. The van der Waals surface area contributed by atoms with E-state index in [1.807, 2.05) is 0 Å². The Balaban J connectivity index is 2.00. The number of halogens is 2. The fourth-order valence-electron chi connectivity index (χ4n) is 2.53. The summed E-state index contributed by atoms with van der Waals surface area (Å²) >= 11 is 0. The fraction of sp³-hybridized carbons (Fsp3) is 0.533. The van der Waals surface area contributed by atoms with Crippen LogP contribution in [0.5, 0.6) is 0 Å². The fourth-order valence-corrected chi connectivity index (χ4v) is 3.31. The average molecular weight is 346 g/mol. The lowest BCUT2D eigenvalue weighted by Crippen LogP contribution is -2.48. The van der Waals surface area contributed by atoms with Crippen LogP contribution in [0.15, 0.2) is 24.3 Å². The van der Waals surface area contributed by atoms with Crippen LogP contribution in [0.25, 0.3) is 0 Å². The summed E-state index contributed by atoms with van der Waals surface area (Å²) in [7, 11) is -4.46. The van der Waals surface area contributed by atoms with E-state index in [1.165, 1.54) is 24.3 Å². The summed E-state index contributed by atoms with van der Waals surface area (Å²) in [6, 6.07) is 5.78. The largest absolute Gasteiger partial charge is 0.349 e. The first-order valence-electron chi connectivity index (χ1n) is 7.40. The predicted molar refractivity (Wildman–Crippen MR) is 83.0 cm³/mol. The molecule has 8 heteroatoms. The monoisotopic (exact) mass is 346 g/mol. The van der Waals surface area contributed by atoms with E-state index < -0.39 is 21.3 Å². The van der Waals surface area contributed by atoms with Gasteiger partial charge in [0.05, 0.1) is 5.75 Å². The zero-order valence-corrected chi connectivity index (χ0v) is 13.6. The summed E-state index contributed by atoms with van der Waals surface area (Å²) in [5.74, 6) is -4.06. The Hall–Kier alpha value is -1.54. The van der Waals surface area contributed by atoms with Gasteiger partial charge < -0.3 is 10.6 Å². The van der Waals surface area contributed by atoms with Gasteiger partial charge in [-0.25, -0.2) is 8.42 Å². The van der Waals surface area contributed by atoms with Gasteiger partial charge in [-0.3, -0.25) is 4.79 Å². The lowest BCUT2D eigenvalue weighted by Gasteiger charge is -2.30. The van der Waals surface area contributed by atoms with E-state index in [0.717, 1.165) is 19.5 Å². The molecule has 23 heavy (non-hydrogen) atoms. The molecule has 1 aliphatic rings. The number of rotatable bonds is 5. The van der Waals surface area contributed by atoms with Crippen molar-refractivity contribution in [1.29, 1.82) is 0 Å². The van der Waals surface area contributed by atoms with Crippen molar-refractivity contribution in [2.45, 2.75) is 30.9 Å². The number of piperidine rings is 1. The van der Waals surface area contributed by atoms with E-state index in [-0.39, 0.29) is 17.5 Å². The first kappa shape index (κ1) is 17.8. The van der Waals surface area contributed by atoms with Gasteiger partial charge in [0.1, 0.15) is 0 Å². The first-order chi connectivity index (χ1) is 10.8. The summed E-state index contributed by atoms with van der Waals surface area (Å²) in [6.07, 6.45) is 0.845. The van der Waals surface area contributed by atoms with Crippen LogP contribution in [-0.4, -0.2) is 39.2 Å². The number of alkyl halides is 2. The summed E-state index contributed by atoms with van der Waals surface area (Å²) in [4.78, 5) is 12.2. The number of hydrogen-bond donors (Lipinski definition) is 2. The SMILES string of the molecule is CC1CNCCC1NC(=O)c1ccc(CS(=O)(=O)C(F)F)cc1. The molecular formula is C15H20F2N2O3S. The number of nitrogens with one attached hydrogen (secondary N) is 2. The van der Waals surface area contributed by atoms with Crippen molar-refractivity contribution in [3.63, 3.8) is 0 Å². The molecule has 1 aliphatic heterocycles. The molecule has 0 bridgehead atoms. The van der Waals surface area contributed by atoms with Crippen molar-refractivity contribution in [2.75, 3.05) is 13.1 Å². The summed E-state index contributed by atoms with van der Waals surface area (Å²) < 4.78 is 47.1. The Morgan fingerprint density at radius 1 is 1.35 bits per heavy atom. The van der Waals surface area contributed by atoms with Gasteiger partial charge in [-0.2, -0.15) is 8.78 Å². The van der Waals surface area contributed by atoms with Gasteiger partial charge in [0.15, 0.2) is 0 Å². The number of hydrogen-bond acceptors (Lipinski definition) is 4. The van der Waals surface area contributed by atoms with E-state index in [2.05, 4.69) is 17.6 Å². The molecule has 1 amide bonds. The third-order valence-electron chi connectivity index (χ3n) is 3.96. The molecule has 0 spiro atoms. The van der Waals surface area contributed by atoms with Crippen molar-refractivity contribution in [3.8, 4) is 0 Å². The third kappa shape index (κ3) is 4.71. The highest BCUT2D eigenvalue weighted by atomic mass is 32.2. The second-order valence-corrected chi connectivity index (χ2v) is 7.79. The van der Waals surface area contributed by atoms with Crippen molar-refractivity contribution < 1.29 is 22.0 Å². The Morgan fingerprint density at radius 2 is 2.00 bits per heavy atom. The Kier molecular flexibility index (Phi) is 5.69. The Bertz CT molecular complexity index is 647. The number of carbonyl (C=O) groups is 1. The first-order valence-corrected chi connectivity index (χ1v) is 9.11. The van der Waals surface area contributed by atoms with Crippen molar-refractivity contribution in [1.82, 2.24) is 10.6 Å². The molecule has 1 aromatic rings. The Labute approximate surface area is 134 Å². The van der Waals surface area contributed by atoms with Gasteiger partial charge in [0.2, 0.25) is 9.84 Å². The van der Waals surface area contributed by atoms with Crippen molar-refractivity contribution in [3.05, 3.63) is 35.4 Å². The molecule has 2 rings (SSSR count). The molecule has 128 valence electrons. The molecule has 0 saturated carbocycles. The molecule has 0 aromatic heterocycles. The van der Waals surface area contributed by atoms with Crippen LogP contribution in [0.3, 0.4) is 0 Å². The lowest BCUT2D eigenvalue weighted by molar-refractivity contribution is 0.0914. The third-order valence-corrected chi connectivity index (χ3v) is 5.24. The normalized spacial score (nSPS) is 22.1. The highest BCUT2D eigenvalue weighted by Gasteiger charge is 2.25. The van der Waals surface area contributed by atoms with E-state index in [0.29, 0.717) is 11.5 Å². The lowest BCUT2D eigenvalue weighted by atomic mass is 9.95. The van der Waals surface area contributed by atoms with Gasteiger partial charge in [-0.05, 0) is 43.1 Å². The standard InChI is InChI=1S/C15H20F2N2O3S/c1-10-8-18-7-6-13(10)19-14(20)12-4-2-11(3-5-12)9-23(21,22)15(16)17/h2-5,10,13,15,18H,6-9H2,1H3,(H,19,20). The van der Waals surface area contributed by atoms with Crippen LogP contribution >= 0.6 is 0 Å². The zero-order chi connectivity index (χ0) is 17.0. The number of benzene rings is 1. The van der Waals surface area contributed by atoms with Crippen LogP contribution < -0.4 is 10.6 Å². The van der Waals surface area contributed by atoms with Gasteiger partial charge >= 0.3 is 5.76 Å². The summed E-state index contributed by atoms with van der Waals surface area (Å²) in [5, 5.41) is 6.20. The second-order valence-electron chi connectivity index (χ2n) is 5.81. The molecular weight excluding hydrogens is 326 g/mol. The van der Waals surface area contributed by atoms with E-state index >= 15 is 0 Å². The van der Waals surface area contributed by atoms with Crippen molar-refractivity contribution >= 4 is 15.7 Å². The highest BCUT2D eigenvalue weighted by Crippen LogP contribution is 2.15. The maximum absolute atomic E-state index is 12.3. The van der Waals surface area contributed by atoms with Gasteiger partial charge in [0.25, 0.3) is 5.91 Å². The molecule has 1 heterocycles.